The fraction of sp³-hybridized carbons (Fsp3) is 0.286. The zero-order valence-corrected chi connectivity index (χ0v) is 17.9. The largest absolute Gasteiger partial charge is 0.339 e. The maximum atomic E-state index is 12.8. The van der Waals surface area contributed by atoms with Crippen molar-refractivity contribution in [1.82, 2.24) is 23.8 Å². The van der Waals surface area contributed by atoms with E-state index in [-0.39, 0.29) is 23.7 Å². The average Bonchev–Trinajstić information content (AvgIpc) is 3.41. The summed E-state index contributed by atoms with van der Waals surface area (Å²) in [5, 5.41) is 13.5. The van der Waals surface area contributed by atoms with E-state index in [1.807, 2.05) is 14.8 Å². The van der Waals surface area contributed by atoms with E-state index in [1.165, 1.54) is 27.9 Å². The summed E-state index contributed by atoms with van der Waals surface area (Å²) in [5.74, 6) is 0.0110. The first-order valence-electron chi connectivity index (χ1n) is 10.2. The Labute approximate surface area is 186 Å². The number of amides is 1. The van der Waals surface area contributed by atoms with Gasteiger partial charge in [0.2, 0.25) is 5.91 Å². The van der Waals surface area contributed by atoms with Gasteiger partial charge in [0.05, 0.1) is 10.6 Å². The van der Waals surface area contributed by atoms with Crippen LogP contribution in [-0.4, -0.2) is 60.8 Å². The number of carbonyl (C=O) groups excluding carboxylic acids is 1. The molecule has 0 saturated carbocycles. The summed E-state index contributed by atoms with van der Waals surface area (Å²) in [7, 11) is 0. The Morgan fingerprint density at radius 3 is 2.72 bits per heavy atom. The summed E-state index contributed by atoms with van der Waals surface area (Å²) in [6, 6.07) is 8.00. The smallest absolute Gasteiger partial charge is 0.270 e. The molecule has 4 aromatic rings. The molecule has 0 bridgehead atoms. The molecule has 1 aliphatic rings. The third-order valence-electron chi connectivity index (χ3n) is 5.74. The van der Waals surface area contributed by atoms with Crippen LogP contribution >= 0.6 is 11.3 Å². The molecule has 0 radical (unpaired) electrons. The fourth-order valence-electron chi connectivity index (χ4n) is 4.04. The number of hydrogen-bond acceptors (Lipinski definition) is 7. The Morgan fingerprint density at radius 2 is 1.94 bits per heavy atom. The maximum Gasteiger partial charge on any atom is 0.270 e. The van der Waals surface area contributed by atoms with Gasteiger partial charge in [0.25, 0.3) is 11.2 Å². The van der Waals surface area contributed by atoms with Crippen LogP contribution < -0.4 is 5.56 Å². The first kappa shape index (κ1) is 20.3. The lowest BCUT2D eigenvalue weighted by molar-refractivity contribution is -0.384. The highest BCUT2D eigenvalue weighted by molar-refractivity contribution is 7.15. The number of rotatable bonds is 5. The second-order valence-corrected chi connectivity index (χ2v) is 8.62. The maximum absolute atomic E-state index is 12.8. The lowest BCUT2D eigenvalue weighted by Crippen LogP contribution is -2.49. The van der Waals surface area contributed by atoms with Crippen LogP contribution in [0.5, 0.6) is 0 Å². The predicted octanol–water partition coefficient (Wildman–Crippen LogP) is 1.96. The van der Waals surface area contributed by atoms with Crippen LogP contribution in [0.15, 0.2) is 52.9 Å². The molecule has 32 heavy (non-hydrogen) atoms. The molecule has 10 nitrogen and oxygen atoms in total. The highest BCUT2D eigenvalue weighted by atomic mass is 32.1. The number of nitrogens with zero attached hydrogens (tertiary/aromatic N) is 6. The molecule has 1 fully saturated rings. The summed E-state index contributed by atoms with van der Waals surface area (Å²) in [5.41, 5.74) is 1.49. The number of piperazine rings is 1. The van der Waals surface area contributed by atoms with E-state index in [0.717, 1.165) is 16.6 Å². The summed E-state index contributed by atoms with van der Waals surface area (Å²) in [6.07, 6.45) is 3.51. The quantitative estimate of drug-likeness (QED) is 0.339. The minimum Gasteiger partial charge on any atom is -0.339 e. The number of benzene rings is 1. The van der Waals surface area contributed by atoms with Crippen LogP contribution in [0.3, 0.4) is 0 Å². The Kier molecular flexibility index (Phi) is 5.19. The molecule has 0 aliphatic carbocycles. The van der Waals surface area contributed by atoms with Crippen molar-refractivity contribution in [1.29, 1.82) is 0 Å². The van der Waals surface area contributed by atoms with Gasteiger partial charge < -0.3 is 9.47 Å². The van der Waals surface area contributed by atoms with Crippen LogP contribution in [0.1, 0.15) is 5.69 Å². The number of thiazole rings is 1. The second kappa shape index (κ2) is 8.17. The average molecular weight is 452 g/mol. The first-order valence-corrected chi connectivity index (χ1v) is 11.0. The van der Waals surface area contributed by atoms with Gasteiger partial charge in [0, 0.05) is 79.6 Å². The van der Waals surface area contributed by atoms with Gasteiger partial charge in [0.1, 0.15) is 6.54 Å². The van der Waals surface area contributed by atoms with Crippen molar-refractivity contribution in [3.63, 3.8) is 0 Å². The molecule has 1 aromatic carbocycles. The summed E-state index contributed by atoms with van der Waals surface area (Å²) in [4.78, 5) is 44.8. The van der Waals surface area contributed by atoms with E-state index in [2.05, 4.69) is 9.88 Å². The number of hydrogen-bond donors (Lipinski definition) is 0. The molecule has 164 valence electrons. The number of fused-ring (bicyclic) bond motifs is 2. The molecule has 5 rings (SSSR count). The molecule has 0 unspecified atom stereocenters. The molecule has 0 atom stereocenters. The van der Waals surface area contributed by atoms with Crippen LogP contribution in [0, 0.1) is 10.1 Å². The van der Waals surface area contributed by atoms with Crippen molar-refractivity contribution < 1.29 is 9.72 Å². The summed E-state index contributed by atoms with van der Waals surface area (Å²) in [6.45, 7) is 3.38. The van der Waals surface area contributed by atoms with Gasteiger partial charge in [-0.3, -0.25) is 29.0 Å². The van der Waals surface area contributed by atoms with Crippen LogP contribution in [0.25, 0.3) is 15.9 Å². The van der Waals surface area contributed by atoms with Gasteiger partial charge >= 0.3 is 0 Å². The number of carbonyl (C=O) groups is 1. The predicted molar refractivity (Wildman–Crippen MR) is 120 cm³/mol. The monoisotopic (exact) mass is 452 g/mol. The van der Waals surface area contributed by atoms with E-state index in [9.17, 15) is 19.7 Å². The van der Waals surface area contributed by atoms with Crippen LogP contribution in [0.2, 0.25) is 0 Å². The zero-order valence-electron chi connectivity index (χ0n) is 17.1. The molecule has 1 aliphatic heterocycles. The van der Waals surface area contributed by atoms with Crippen molar-refractivity contribution in [3.8, 4) is 0 Å². The number of non-ortho nitro benzene ring substituents is 1. The van der Waals surface area contributed by atoms with Gasteiger partial charge in [-0.1, -0.05) is 0 Å². The molecule has 4 heterocycles. The van der Waals surface area contributed by atoms with Crippen molar-refractivity contribution in [2.24, 2.45) is 0 Å². The second-order valence-electron chi connectivity index (χ2n) is 7.74. The van der Waals surface area contributed by atoms with Gasteiger partial charge in [0.15, 0.2) is 4.96 Å². The number of nitro benzene ring substituents is 1. The first-order chi connectivity index (χ1) is 15.5. The van der Waals surface area contributed by atoms with E-state index in [1.54, 1.807) is 30.6 Å². The lowest BCUT2D eigenvalue weighted by Gasteiger charge is -2.34. The molecule has 0 N–H and O–H groups in total. The van der Waals surface area contributed by atoms with Gasteiger partial charge in [-0.2, -0.15) is 0 Å². The van der Waals surface area contributed by atoms with Crippen molar-refractivity contribution in [2.45, 2.75) is 13.1 Å². The Balaban J connectivity index is 1.20. The molecular formula is C21H20N6O4S. The molecule has 1 amide bonds. The standard InChI is InChI=1S/C21H20N6O4S/c28-19-12-16(22-21-26(19)9-10-32-21)13-23-5-7-24(8-6-23)20(29)14-25-4-3-15-11-17(27(30)31)1-2-18(15)25/h1-4,9-12H,5-8,13-14H2. The summed E-state index contributed by atoms with van der Waals surface area (Å²) < 4.78 is 3.36. The van der Waals surface area contributed by atoms with E-state index < -0.39 is 4.92 Å². The minimum atomic E-state index is -0.424. The van der Waals surface area contributed by atoms with E-state index in [0.29, 0.717) is 37.7 Å². The fourth-order valence-corrected chi connectivity index (χ4v) is 4.78. The summed E-state index contributed by atoms with van der Waals surface area (Å²) >= 11 is 1.43. The van der Waals surface area contributed by atoms with Gasteiger partial charge in [-0.25, -0.2) is 4.98 Å². The molecular weight excluding hydrogens is 432 g/mol. The van der Waals surface area contributed by atoms with Crippen LogP contribution in [0.4, 0.5) is 5.69 Å². The van der Waals surface area contributed by atoms with Gasteiger partial charge in [-0.15, -0.1) is 11.3 Å². The normalized spacial score (nSPS) is 14.9. The van der Waals surface area contributed by atoms with E-state index >= 15 is 0 Å². The van der Waals surface area contributed by atoms with Crippen LogP contribution in [-0.2, 0) is 17.9 Å². The van der Waals surface area contributed by atoms with E-state index in [4.69, 9.17) is 0 Å². The molecule has 11 heteroatoms. The lowest BCUT2D eigenvalue weighted by atomic mass is 10.2. The van der Waals surface area contributed by atoms with Crippen molar-refractivity contribution in [2.75, 3.05) is 26.2 Å². The minimum absolute atomic E-state index is 0.0110. The van der Waals surface area contributed by atoms with Crippen molar-refractivity contribution >= 4 is 38.8 Å². The molecule has 0 spiro atoms. The topological polar surface area (TPSA) is 106 Å². The Morgan fingerprint density at radius 1 is 1.12 bits per heavy atom. The molecule has 3 aromatic heterocycles. The highest BCUT2D eigenvalue weighted by Gasteiger charge is 2.22. The number of aromatic nitrogens is 3. The third kappa shape index (κ3) is 3.87. The van der Waals surface area contributed by atoms with Crippen molar-refractivity contribution in [3.05, 3.63) is 74.3 Å². The van der Waals surface area contributed by atoms with Gasteiger partial charge in [-0.05, 0) is 12.1 Å². The third-order valence-corrected chi connectivity index (χ3v) is 6.49. The molecule has 1 saturated heterocycles. The Hall–Kier alpha value is -3.57. The zero-order chi connectivity index (χ0) is 22.2. The highest BCUT2D eigenvalue weighted by Crippen LogP contribution is 2.22. The SMILES string of the molecule is O=C(Cn1ccc2cc([N+](=O)[O-])ccc21)N1CCN(Cc2cc(=O)n3ccsc3n2)CC1. The number of nitro groups is 1. The Bertz CT molecular complexity index is 1380.